The fourth-order valence-corrected chi connectivity index (χ4v) is 4.05. The van der Waals surface area contributed by atoms with E-state index in [9.17, 15) is 19.8 Å². The van der Waals surface area contributed by atoms with Crippen LogP contribution >= 0.6 is 0 Å². The van der Waals surface area contributed by atoms with Crippen molar-refractivity contribution in [2.45, 2.75) is 40.0 Å². The van der Waals surface area contributed by atoms with Gasteiger partial charge in [0.05, 0.1) is 11.3 Å². The first-order chi connectivity index (χ1) is 7.19. The molecule has 0 saturated heterocycles. The Hall–Kier alpha value is -1.06. The van der Waals surface area contributed by atoms with Crippen LogP contribution in [0.4, 0.5) is 0 Å². The fraction of sp³-hybridized carbons (Fsp3) is 0.833. The quantitative estimate of drug-likeness (QED) is 0.755. The SMILES string of the molecule is CC12CCC(C(=O)O)(C(C(=O)O)C1)C2(C)C. The minimum absolute atomic E-state index is 0.158. The average molecular weight is 226 g/mol. The van der Waals surface area contributed by atoms with Gasteiger partial charge in [-0.1, -0.05) is 20.8 Å². The number of aliphatic carboxylic acids is 2. The molecule has 2 fully saturated rings. The summed E-state index contributed by atoms with van der Waals surface area (Å²) in [7, 11) is 0. The van der Waals surface area contributed by atoms with Gasteiger partial charge in [-0.05, 0) is 30.1 Å². The molecule has 0 aromatic heterocycles. The second kappa shape index (κ2) is 2.79. The molecule has 0 amide bonds. The van der Waals surface area contributed by atoms with E-state index in [2.05, 4.69) is 0 Å². The standard InChI is InChI=1S/C12H18O4/c1-10(2)11(3)4-5-12(10,9(15)16)7(6-11)8(13)14/h7H,4-6H2,1-3H3,(H,13,14)(H,15,16). The Morgan fingerprint density at radius 1 is 1.12 bits per heavy atom. The highest BCUT2D eigenvalue weighted by Crippen LogP contribution is 2.74. The molecule has 2 rings (SSSR count). The van der Waals surface area contributed by atoms with Crippen molar-refractivity contribution >= 4 is 11.9 Å². The first-order valence-electron chi connectivity index (χ1n) is 5.65. The third-order valence-corrected chi connectivity index (χ3v) is 5.62. The van der Waals surface area contributed by atoms with Gasteiger partial charge in [0.25, 0.3) is 0 Å². The largest absolute Gasteiger partial charge is 0.481 e. The van der Waals surface area contributed by atoms with E-state index in [4.69, 9.17) is 0 Å². The zero-order chi connectivity index (χ0) is 12.4. The number of carboxylic acid groups (broad SMARTS) is 2. The highest BCUT2D eigenvalue weighted by Gasteiger charge is 2.74. The minimum atomic E-state index is -1.08. The van der Waals surface area contributed by atoms with Gasteiger partial charge in [0.15, 0.2) is 0 Å². The van der Waals surface area contributed by atoms with Crippen molar-refractivity contribution in [1.29, 1.82) is 0 Å². The molecule has 90 valence electrons. The van der Waals surface area contributed by atoms with E-state index >= 15 is 0 Å². The number of fused-ring (bicyclic) bond motifs is 2. The lowest BCUT2D eigenvalue weighted by molar-refractivity contribution is -0.166. The molecule has 2 saturated carbocycles. The second-order valence-corrected chi connectivity index (χ2v) is 6.06. The Kier molecular flexibility index (Phi) is 1.99. The summed E-state index contributed by atoms with van der Waals surface area (Å²) < 4.78 is 0. The Morgan fingerprint density at radius 3 is 2.00 bits per heavy atom. The number of hydrogen-bond acceptors (Lipinski definition) is 2. The van der Waals surface area contributed by atoms with E-state index in [-0.39, 0.29) is 5.41 Å². The average Bonchev–Trinajstić information content (AvgIpc) is 2.45. The van der Waals surface area contributed by atoms with Crippen LogP contribution in [-0.4, -0.2) is 22.2 Å². The molecule has 3 atom stereocenters. The van der Waals surface area contributed by atoms with Crippen LogP contribution in [0.25, 0.3) is 0 Å². The highest BCUT2D eigenvalue weighted by atomic mass is 16.4. The smallest absolute Gasteiger partial charge is 0.311 e. The molecule has 16 heavy (non-hydrogen) atoms. The summed E-state index contributed by atoms with van der Waals surface area (Å²) in [6.07, 6.45) is 1.79. The molecule has 2 bridgehead atoms. The van der Waals surface area contributed by atoms with Gasteiger partial charge < -0.3 is 10.2 Å². The highest BCUT2D eigenvalue weighted by molar-refractivity contribution is 5.86. The minimum Gasteiger partial charge on any atom is -0.481 e. The summed E-state index contributed by atoms with van der Waals surface area (Å²) in [4.78, 5) is 22.9. The lowest BCUT2D eigenvalue weighted by Gasteiger charge is -2.39. The zero-order valence-electron chi connectivity index (χ0n) is 9.91. The van der Waals surface area contributed by atoms with Gasteiger partial charge in [0.2, 0.25) is 0 Å². The van der Waals surface area contributed by atoms with Gasteiger partial charge in [0.1, 0.15) is 0 Å². The van der Waals surface area contributed by atoms with Crippen LogP contribution in [-0.2, 0) is 9.59 Å². The number of hydrogen-bond donors (Lipinski definition) is 2. The Labute approximate surface area is 94.7 Å². The van der Waals surface area contributed by atoms with Gasteiger partial charge in [-0.2, -0.15) is 0 Å². The molecule has 2 N–H and O–H groups in total. The summed E-state index contributed by atoms with van der Waals surface area (Å²) in [6, 6.07) is 0. The van der Waals surface area contributed by atoms with Crippen LogP contribution in [0.1, 0.15) is 40.0 Å². The van der Waals surface area contributed by atoms with E-state index < -0.39 is 28.7 Å². The lowest BCUT2D eigenvalue weighted by Crippen LogP contribution is -2.46. The number of rotatable bonds is 2. The molecule has 0 spiro atoms. The molecule has 2 aliphatic rings. The zero-order valence-corrected chi connectivity index (χ0v) is 9.91. The van der Waals surface area contributed by atoms with Crippen LogP contribution in [0.2, 0.25) is 0 Å². The predicted octanol–water partition coefficient (Wildman–Crippen LogP) is 1.99. The lowest BCUT2D eigenvalue weighted by atomic mass is 9.63. The van der Waals surface area contributed by atoms with Crippen molar-refractivity contribution in [3.63, 3.8) is 0 Å². The Bertz CT molecular complexity index is 373. The van der Waals surface area contributed by atoms with Crippen LogP contribution in [0, 0.1) is 22.2 Å². The van der Waals surface area contributed by atoms with Crippen molar-refractivity contribution in [3.05, 3.63) is 0 Å². The maximum atomic E-state index is 11.6. The maximum absolute atomic E-state index is 11.6. The molecule has 0 radical (unpaired) electrons. The molecule has 0 aromatic rings. The third-order valence-electron chi connectivity index (χ3n) is 5.62. The van der Waals surface area contributed by atoms with Crippen LogP contribution in [0.15, 0.2) is 0 Å². The Balaban J connectivity index is 2.60. The molecular weight excluding hydrogens is 208 g/mol. The molecule has 2 aliphatic carbocycles. The molecule has 4 heteroatoms. The normalized spacial score (nSPS) is 44.6. The van der Waals surface area contributed by atoms with Gasteiger partial charge >= 0.3 is 11.9 Å². The van der Waals surface area contributed by atoms with Gasteiger partial charge in [-0.25, -0.2) is 0 Å². The molecule has 3 unspecified atom stereocenters. The van der Waals surface area contributed by atoms with E-state index in [0.717, 1.165) is 6.42 Å². The van der Waals surface area contributed by atoms with Gasteiger partial charge in [-0.15, -0.1) is 0 Å². The van der Waals surface area contributed by atoms with Crippen molar-refractivity contribution < 1.29 is 19.8 Å². The van der Waals surface area contributed by atoms with E-state index in [1.54, 1.807) is 0 Å². The summed E-state index contributed by atoms with van der Waals surface area (Å²) in [5.41, 5.74) is -1.68. The van der Waals surface area contributed by atoms with E-state index in [1.165, 1.54) is 0 Å². The molecule has 4 nitrogen and oxygen atoms in total. The van der Waals surface area contributed by atoms with Crippen molar-refractivity contribution in [1.82, 2.24) is 0 Å². The molecule has 0 aromatic carbocycles. The molecule has 0 aliphatic heterocycles. The Morgan fingerprint density at radius 2 is 1.69 bits per heavy atom. The number of carboxylic acids is 2. The predicted molar refractivity (Wildman–Crippen MR) is 56.9 cm³/mol. The molecular formula is C12H18O4. The summed E-state index contributed by atoms with van der Waals surface area (Å²) >= 11 is 0. The summed E-state index contributed by atoms with van der Waals surface area (Å²) in [6.45, 7) is 5.86. The third kappa shape index (κ3) is 0.913. The van der Waals surface area contributed by atoms with Gasteiger partial charge in [0, 0.05) is 0 Å². The first-order valence-corrected chi connectivity index (χ1v) is 5.65. The van der Waals surface area contributed by atoms with E-state index in [0.29, 0.717) is 12.8 Å². The van der Waals surface area contributed by atoms with Crippen molar-refractivity contribution in [2.24, 2.45) is 22.2 Å². The fourth-order valence-electron chi connectivity index (χ4n) is 4.05. The monoisotopic (exact) mass is 226 g/mol. The summed E-state index contributed by atoms with van der Waals surface area (Å²) in [5, 5.41) is 18.7. The van der Waals surface area contributed by atoms with Crippen LogP contribution < -0.4 is 0 Å². The topological polar surface area (TPSA) is 74.6 Å². The van der Waals surface area contributed by atoms with E-state index in [1.807, 2.05) is 20.8 Å². The first kappa shape index (κ1) is 11.4. The van der Waals surface area contributed by atoms with Gasteiger partial charge in [-0.3, -0.25) is 9.59 Å². The maximum Gasteiger partial charge on any atom is 0.311 e. The van der Waals surface area contributed by atoms with Crippen LogP contribution in [0.3, 0.4) is 0 Å². The second-order valence-electron chi connectivity index (χ2n) is 6.06. The van der Waals surface area contributed by atoms with Crippen molar-refractivity contribution in [2.75, 3.05) is 0 Å². The number of carbonyl (C=O) groups is 2. The summed E-state index contributed by atoms with van der Waals surface area (Å²) in [5.74, 6) is -2.64. The van der Waals surface area contributed by atoms with Crippen LogP contribution in [0.5, 0.6) is 0 Å². The molecule has 0 heterocycles. The van der Waals surface area contributed by atoms with Crippen molar-refractivity contribution in [3.8, 4) is 0 Å².